The standard InChI is InChI=1S/C16H11BrClF3O2/c1-2-8-4-3-5-9(15(22)23)12(8)13-11(18)7-6-10(14(13)17)16(19,20)21/h3-7H,2H2,1H3,(H,22,23). The van der Waals surface area contributed by atoms with Crippen LogP contribution in [0.3, 0.4) is 0 Å². The van der Waals surface area contributed by atoms with Crippen LogP contribution in [0.5, 0.6) is 0 Å². The van der Waals surface area contributed by atoms with Crippen molar-refractivity contribution < 1.29 is 23.1 Å². The third-order valence-corrected chi connectivity index (χ3v) is 4.55. The van der Waals surface area contributed by atoms with E-state index >= 15 is 0 Å². The molecule has 2 rings (SSSR count). The van der Waals surface area contributed by atoms with Gasteiger partial charge >= 0.3 is 12.1 Å². The Balaban J connectivity index is 2.90. The Bertz CT molecular complexity index is 773. The monoisotopic (exact) mass is 406 g/mol. The molecule has 0 aliphatic rings. The van der Waals surface area contributed by atoms with Crippen LogP contribution in [0, 0.1) is 0 Å². The summed E-state index contributed by atoms with van der Waals surface area (Å²) in [6, 6.07) is 6.57. The fraction of sp³-hybridized carbons (Fsp3) is 0.188. The van der Waals surface area contributed by atoms with Gasteiger partial charge in [0.05, 0.1) is 11.1 Å². The molecule has 0 saturated carbocycles. The molecule has 0 unspecified atom stereocenters. The first-order valence-electron chi connectivity index (χ1n) is 6.59. The number of alkyl halides is 3. The molecule has 2 aromatic rings. The molecule has 7 heteroatoms. The molecule has 0 fully saturated rings. The van der Waals surface area contributed by atoms with Crippen molar-refractivity contribution in [2.24, 2.45) is 0 Å². The summed E-state index contributed by atoms with van der Waals surface area (Å²) in [5.41, 5.74) is -0.154. The van der Waals surface area contributed by atoms with Crippen LogP contribution in [0.15, 0.2) is 34.8 Å². The third kappa shape index (κ3) is 3.38. The first kappa shape index (κ1) is 17.8. The molecule has 0 heterocycles. The van der Waals surface area contributed by atoms with Crippen LogP contribution in [-0.4, -0.2) is 11.1 Å². The van der Waals surface area contributed by atoms with Crippen LogP contribution < -0.4 is 0 Å². The van der Waals surface area contributed by atoms with Crippen molar-refractivity contribution in [3.05, 3.63) is 56.5 Å². The van der Waals surface area contributed by atoms with Crippen molar-refractivity contribution in [2.45, 2.75) is 19.5 Å². The van der Waals surface area contributed by atoms with Gasteiger partial charge in [-0.1, -0.05) is 30.7 Å². The lowest BCUT2D eigenvalue weighted by molar-refractivity contribution is -0.138. The Hall–Kier alpha value is -1.53. The molecule has 0 spiro atoms. The molecular weight excluding hydrogens is 397 g/mol. The van der Waals surface area contributed by atoms with Gasteiger partial charge in [-0.15, -0.1) is 0 Å². The maximum Gasteiger partial charge on any atom is 0.417 e. The van der Waals surface area contributed by atoms with Gasteiger partial charge in [0.15, 0.2) is 0 Å². The van der Waals surface area contributed by atoms with E-state index < -0.39 is 17.7 Å². The Labute approximate surface area is 144 Å². The second kappa shape index (κ2) is 6.53. The maximum absolute atomic E-state index is 13.1. The molecule has 1 N–H and O–H groups in total. The minimum atomic E-state index is -4.58. The Morgan fingerprint density at radius 2 is 1.87 bits per heavy atom. The molecule has 0 saturated heterocycles. The molecule has 0 aromatic heterocycles. The topological polar surface area (TPSA) is 37.3 Å². The van der Waals surface area contributed by atoms with E-state index in [-0.39, 0.29) is 26.2 Å². The minimum absolute atomic E-state index is 0.0383. The second-order valence-electron chi connectivity index (χ2n) is 4.78. The van der Waals surface area contributed by atoms with Crippen LogP contribution in [0.25, 0.3) is 11.1 Å². The van der Waals surface area contributed by atoms with Gasteiger partial charge in [0.1, 0.15) is 0 Å². The fourth-order valence-electron chi connectivity index (χ4n) is 2.37. The van der Waals surface area contributed by atoms with Crippen molar-refractivity contribution in [2.75, 3.05) is 0 Å². The van der Waals surface area contributed by atoms with Gasteiger partial charge in [0.25, 0.3) is 0 Å². The summed E-state index contributed by atoms with van der Waals surface area (Å²) in [5, 5.41) is 9.43. The molecule has 0 atom stereocenters. The smallest absolute Gasteiger partial charge is 0.417 e. The predicted octanol–water partition coefficient (Wildman–Crippen LogP) is 6.05. The Kier molecular flexibility index (Phi) is 5.06. The molecule has 2 nitrogen and oxygen atoms in total. The molecule has 0 aliphatic carbocycles. The quantitative estimate of drug-likeness (QED) is 0.672. The lowest BCUT2D eigenvalue weighted by Gasteiger charge is -2.18. The summed E-state index contributed by atoms with van der Waals surface area (Å²) in [6.45, 7) is 1.79. The molecule has 0 bridgehead atoms. The second-order valence-corrected chi connectivity index (χ2v) is 5.98. The van der Waals surface area contributed by atoms with E-state index in [4.69, 9.17) is 11.6 Å². The van der Waals surface area contributed by atoms with Gasteiger partial charge in [-0.05, 0) is 46.1 Å². The number of halogens is 5. The maximum atomic E-state index is 13.1. The van der Waals surface area contributed by atoms with Crippen molar-refractivity contribution in [1.29, 1.82) is 0 Å². The van der Waals surface area contributed by atoms with Crippen LogP contribution in [-0.2, 0) is 12.6 Å². The SMILES string of the molecule is CCc1cccc(C(=O)O)c1-c1c(Cl)ccc(C(F)(F)F)c1Br. The van der Waals surface area contributed by atoms with E-state index in [1.54, 1.807) is 19.1 Å². The Morgan fingerprint density at radius 3 is 2.39 bits per heavy atom. The third-order valence-electron chi connectivity index (χ3n) is 3.41. The Morgan fingerprint density at radius 1 is 1.22 bits per heavy atom. The first-order valence-corrected chi connectivity index (χ1v) is 7.76. The summed E-state index contributed by atoms with van der Waals surface area (Å²) in [7, 11) is 0. The number of rotatable bonds is 3. The van der Waals surface area contributed by atoms with Crippen LogP contribution in [0.4, 0.5) is 13.2 Å². The average molecular weight is 408 g/mol. The summed E-state index contributed by atoms with van der Waals surface area (Å²) >= 11 is 9.06. The summed E-state index contributed by atoms with van der Waals surface area (Å²) in [6.07, 6.45) is -4.13. The van der Waals surface area contributed by atoms with E-state index in [9.17, 15) is 23.1 Å². The number of aryl methyl sites for hydroxylation is 1. The number of carboxylic acid groups (broad SMARTS) is 1. The highest BCUT2D eigenvalue weighted by atomic mass is 79.9. The van der Waals surface area contributed by atoms with E-state index in [1.165, 1.54) is 6.07 Å². The number of aromatic carboxylic acids is 1. The fourth-order valence-corrected chi connectivity index (χ4v) is 3.50. The van der Waals surface area contributed by atoms with Gasteiger partial charge in [0, 0.05) is 20.6 Å². The van der Waals surface area contributed by atoms with Gasteiger partial charge < -0.3 is 5.11 Å². The normalized spacial score (nSPS) is 11.6. The average Bonchev–Trinajstić information content (AvgIpc) is 2.45. The number of carboxylic acids is 1. The van der Waals surface area contributed by atoms with Crippen molar-refractivity contribution in [3.63, 3.8) is 0 Å². The van der Waals surface area contributed by atoms with E-state index in [0.29, 0.717) is 12.0 Å². The zero-order valence-electron chi connectivity index (χ0n) is 11.8. The lowest BCUT2D eigenvalue weighted by atomic mass is 9.92. The molecule has 2 aromatic carbocycles. The van der Waals surface area contributed by atoms with Crippen LogP contribution in [0.1, 0.15) is 28.4 Å². The highest BCUT2D eigenvalue weighted by Crippen LogP contribution is 2.45. The van der Waals surface area contributed by atoms with E-state index in [0.717, 1.165) is 12.1 Å². The molecule has 122 valence electrons. The lowest BCUT2D eigenvalue weighted by Crippen LogP contribution is -2.09. The summed E-state index contributed by atoms with van der Waals surface area (Å²) in [4.78, 5) is 11.5. The van der Waals surface area contributed by atoms with Gasteiger partial charge in [0.2, 0.25) is 0 Å². The summed E-state index contributed by atoms with van der Waals surface area (Å²) in [5.74, 6) is -1.23. The highest BCUT2D eigenvalue weighted by molar-refractivity contribution is 9.10. The van der Waals surface area contributed by atoms with Gasteiger partial charge in [-0.2, -0.15) is 13.2 Å². The molecule has 0 aliphatic heterocycles. The van der Waals surface area contributed by atoms with Crippen LogP contribution in [0.2, 0.25) is 5.02 Å². The molecule has 23 heavy (non-hydrogen) atoms. The highest BCUT2D eigenvalue weighted by Gasteiger charge is 2.35. The molecule has 0 amide bonds. The number of hydrogen-bond donors (Lipinski definition) is 1. The molecular formula is C16H11BrClF3O2. The van der Waals surface area contributed by atoms with Gasteiger partial charge in [-0.25, -0.2) is 4.79 Å². The van der Waals surface area contributed by atoms with Crippen molar-refractivity contribution in [1.82, 2.24) is 0 Å². The largest absolute Gasteiger partial charge is 0.478 e. The number of hydrogen-bond acceptors (Lipinski definition) is 1. The summed E-state index contributed by atoms with van der Waals surface area (Å²) < 4.78 is 39.1. The van der Waals surface area contributed by atoms with Crippen molar-refractivity contribution in [3.8, 4) is 11.1 Å². The zero-order chi connectivity index (χ0) is 17.4. The van der Waals surface area contributed by atoms with E-state index in [2.05, 4.69) is 15.9 Å². The predicted molar refractivity (Wildman–Crippen MR) is 85.9 cm³/mol. The molecule has 0 radical (unpaired) electrons. The first-order chi connectivity index (χ1) is 10.7. The number of carbonyl (C=O) groups is 1. The van der Waals surface area contributed by atoms with Crippen molar-refractivity contribution >= 4 is 33.5 Å². The van der Waals surface area contributed by atoms with E-state index in [1.807, 2.05) is 0 Å². The van der Waals surface area contributed by atoms with Gasteiger partial charge in [-0.3, -0.25) is 0 Å². The number of benzene rings is 2. The minimum Gasteiger partial charge on any atom is -0.478 e. The zero-order valence-corrected chi connectivity index (χ0v) is 14.2. The van der Waals surface area contributed by atoms with Crippen LogP contribution >= 0.6 is 27.5 Å².